The molecule has 0 radical (unpaired) electrons. The number of fused-ring (bicyclic) bond motifs is 2. The molecule has 2 aromatic carbocycles. The number of pyridine rings is 1. The number of rotatable bonds is 4. The van der Waals surface area contributed by atoms with Crippen LogP contribution in [0, 0.1) is 11.6 Å². The van der Waals surface area contributed by atoms with Crippen LogP contribution >= 0.6 is 0 Å². The van der Waals surface area contributed by atoms with Gasteiger partial charge in [-0.1, -0.05) is 5.21 Å². The molecule has 11 heteroatoms. The summed E-state index contributed by atoms with van der Waals surface area (Å²) in [5, 5.41) is 8.58. The first-order chi connectivity index (χ1) is 17.4. The van der Waals surface area contributed by atoms with Gasteiger partial charge in [-0.2, -0.15) is 4.58 Å². The van der Waals surface area contributed by atoms with E-state index in [4.69, 9.17) is 0 Å². The first kappa shape index (κ1) is 22.2. The molecule has 1 fully saturated rings. The molecular formula is C25H22F2N7O2+. The second kappa shape index (κ2) is 8.45. The molecule has 0 atom stereocenters. The van der Waals surface area contributed by atoms with E-state index in [-0.39, 0.29) is 17.0 Å². The van der Waals surface area contributed by atoms with Crippen molar-refractivity contribution in [2.45, 2.75) is 0 Å². The smallest absolute Gasteiger partial charge is 0.288 e. The summed E-state index contributed by atoms with van der Waals surface area (Å²) < 4.78 is 30.6. The Morgan fingerprint density at radius 1 is 1.08 bits per heavy atom. The second-order valence-corrected chi connectivity index (χ2v) is 9.10. The zero-order chi connectivity index (χ0) is 25.0. The minimum atomic E-state index is -1.03. The summed E-state index contributed by atoms with van der Waals surface area (Å²) in [4.78, 5) is 31.9. The third-order valence-corrected chi connectivity index (χ3v) is 6.70. The van der Waals surface area contributed by atoms with E-state index in [1.165, 1.54) is 10.7 Å². The van der Waals surface area contributed by atoms with Crippen molar-refractivity contribution in [2.24, 2.45) is 0 Å². The third kappa shape index (κ3) is 3.87. The van der Waals surface area contributed by atoms with Crippen molar-refractivity contribution in [1.29, 1.82) is 0 Å². The van der Waals surface area contributed by atoms with Crippen LogP contribution in [-0.2, 0) is 4.79 Å². The van der Waals surface area contributed by atoms with Crippen molar-refractivity contribution in [1.82, 2.24) is 29.8 Å². The fourth-order valence-electron chi connectivity index (χ4n) is 4.56. The lowest BCUT2D eigenvalue weighted by Gasteiger charge is -2.32. The van der Waals surface area contributed by atoms with E-state index in [0.717, 1.165) is 55.2 Å². The van der Waals surface area contributed by atoms with E-state index in [0.29, 0.717) is 17.6 Å². The van der Waals surface area contributed by atoms with E-state index in [9.17, 15) is 18.4 Å². The third-order valence-electron chi connectivity index (χ3n) is 6.70. The summed E-state index contributed by atoms with van der Waals surface area (Å²) in [6, 6.07) is 9.15. The van der Waals surface area contributed by atoms with Crippen LogP contribution < -0.4 is 5.56 Å². The molecule has 36 heavy (non-hydrogen) atoms. The van der Waals surface area contributed by atoms with Crippen molar-refractivity contribution in [2.75, 3.05) is 39.8 Å². The van der Waals surface area contributed by atoms with Gasteiger partial charge in [-0.15, -0.1) is 5.10 Å². The predicted molar refractivity (Wildman–Crippen MR) is 129 cm³/mol. The molecule has 0 aliphatic carbocycles. The molecule has 182 valence electrons. The Hall–Kier alpha value is -4.25. The molecule has 0 unspecified atom stereocenters. The first-order valence-electron chi connectivity index (χ1n) is 11.5. The quantitative estimate of drug-likeness (QED) is 0.442. The van der Waals surface area contributed by atoms with Gasteiger partial charge in [0, 0.05) is 43.7 Å². The monoisotopic (exact) mass is 490 g/mol. The number of likely N-dealkylation sites (N-methyl/N-ethyl adjacent to an activating group) is 1. The molecule has 0 saturated carbocycles. The summed E-state index contributed by atoms with van der Waals surface area (Å²) in [7, 11) is 2.06. The number of piperazine rings is 1. The molecule has 6 rings (SSSR count). The molecular weight excluding hydrogens is 468 g/mol. The number of aromatic amines is 1. The number of aromatic nitrogens is 4. The minimum Gasteiger partial charge on any atom is -0.335 e. The molecule has 0 bridgehead atoms. The maximum atomic E-state index is 13.7. The zero-order valence-electron chi connectivity index (χ0n) is 19.4. The lowest BCUT2D eigenvalue weighted by atomic mass is 10.1. The van der Waals surface area contributed by atoms with Crippen LogP contribution in [0.4, 0.5) is 14.5 Å². The van der Waals surface area contributed by atoms with Crippen molar-refractivity contribution in [3.8, 4) is 16.9 Å². The highest BCUT2D eigenvalue weighted by Crippen LogP contribution is 2.28. The molecule has 2 aliphatic rings. The Morgan fingerprint density at radius 2 is 1.86 bits per heavy atom. The maximum absolute atomic E-state index is 13.7. The minimum absolute atomic E-state index is 0.109. The number of nitrogens with one attached hydrogen (secondary N) is 1. The van der Waals surface area contributed by atoms with E-state index < -0.39 is 17.2 Å². The van der Waals surface area contributed by atoms with Crippen LogP contribution in [0.25, 0.3) is 27.8 Å². The lowest BCUT2D eigenvalue weighted by molar-refractivity contribution is -0.436. The van der Waals surface area contributed by atoms with Crippen LogP contribution in [0.15, 0.2) is 47.4 Å². The molecule has 9 nitrogen and oxygen atoms in total. The van der Waals surface area contributed by atoms with Gasteiger partial charge in [0.15, 0.2) is 17.8 Å². The van der Waals surface area contributed by atoms with Crippen molar-refractivity contribution < 1.29 is 18.2 Å². The van der Waals surface area contributed by atoms with E-state index in [2.05, 4.69) is 27.2 Å². The topological polar surface area (TPSA) is 90.1 Å². The number of amides is 1. The van der Waals surface area contributed by atoms with Crippen molar-refractivity contribution in [3.05, 3.63) is 70.1 Å². The van der Waals surface area contributed by atoms with Gasteiger partial charge in [-0.05, 0) is 31.3 Å². The molecule has 0 spiro atoms. The largest absolute Gasteiger partial charge is 0.335 e. The number of halogens is 2. The SMILES string of the molecule is CN1CCN(C(=O)C[N+]2=Cc3cc(-n4cc(-c5cc6cc(F)c(F)cc6[nH]c5=O)nn4)ccc32)CC1. The summed E-state index contributed by atoms with van der Waals surface area (Å²) in [6.07, 6.45) is 3.53. The van der Waals surface area contributed by atoms with Gasteiger partial charge in [0.05, 0.1) is 23.0 Å². The molecule has 2 aromatic heterocycles. The number of nitrogens with zero attached hydrogens (tertiary/aromatic N) is 6. The first-order valence-corrected chi connectivity index (χ1v) is 11.5. The molecule has 2 aliphatic heterocycles. The van der Waals surface area contributed by atoms with Gasteiger partial charge in [0.25, 0.3) is 11.5 Å². The number of carbonyl (C=O) groups is 1. The molecule has 1 amide bonds. The van der Waals surface area contributed by atoms with Gasteiger partial charge in [-0.25, -0.2) is 13.5 Å². The number of hydrogen-bond donors (Lipinski definition) is 1. The molecule has 1 N–H and O–H groups in total. The fourth-order valence-corrected chi connectivity index (χ4v) is 4.56. The summed E-state index contributed by atoms with van der Waals surface area (Å²) in [5.41, 5.74) is 2.88. The highest BCUT2D eigenvalue weighted by atomic mass is 19.2. The zero-order valence-corrected chi connectivity index (χ0v) is 19.4. The maximum Gasteiger partial charge on any atom is 0.288 e. The molecule has 4 heterocycles. The summed E-state index contributed by atoms with van der Waals surface area (Å²) >= 11 is 0. The highest BCUT2D eigenvalue weighted by Gasteiger charge is 2.30. The van der Waals surface area contributed by atoms with Gasteiger partial charge < -0.3 is 14.8 Å². The van der Waals surface area contributed by atoms with Crippen LogP contribution in [0.3, 0.4) is 0 Å². The number of benzene rings is 2. The van der Waals surface area contributed by atoms with Gasteiger partial charge >= 0.3 is 0 Å². The average Bonchev–Trinajstić information content (AvgIpc) is 3.33. The van der Waals surface area contributed by atoms with Gasteiger partial charge in [0.2, 0.25) is 12.2 Å². The van der Waals surface area contributed by atoms with Crippen LogP contribution in [-0.4, -0.2) is 86.2 Å². The standard InChI is InChI=1S/C25H21F2N7O2/c1-31-4-6-32(7-5-31)24(35)14-33-12-16-8-17(2-3-23(16)33)34-13-22(29-30-34)18-9-15-10-19(26)20(27)11-21(15)28-25(18)36/h2-3,8-13H,4-7,14H2,1H3/p+1. The van der Waals surface area contributed by atoms with Crippen LogP contribution in [0.2, 0.25) is 0 Å². The lowest BCUT2D eigenvalue weighted by Crippen LogP contribution is -2.49. The second-order valence-electron chi connectivity index (χ2n) is 9.10. The fraction of sp³-hybridized carbons (Fsp3) is 0.240. The Labute approximate surface area is 203 Å². The summed E-state index contributed by atoms with van der Waals surface area (Å²) in [6.45, 7) is 3.56. The normalized spacial score (nSPS) is 15.5. The Morgan fingerprint density at radius 3 is 2.64 bits per heavy atom. The highest BCUT2D eigenvalue weighted by molar-refractivity contribution is 5.91. The van der Waals surface area contributed by atoms with E-state index in [1.807, 2.05) is 33.9 Å². The molecule has 1 saturated heterocycles. The number of H-pyrrole nitrogens is 1. The Bertz CT molecular complexity index is 1620. The van der Waals surface area contributed by atoms with Crippen molar-refractivity contribution >= 4 is 28.7 Å². The Kier molecular flexibility index (Phi) is 5.22. The number of hydrogen-bond acceptors (Lipinski definition) is 5. The summed E-state index contributed by atoms with van der Waals surface area (Å²) in [5.74, 6) is -1.92. The molecule has 4 aromatic rings. The predicted octanol–water partition coefficient (Wildman–Crippen LogP) is 1.90. The average molecular weight is 490 g/mol. The van der Waals surface area contributed by atoms with Crippen molar-refractivity contribution in [3.63, 3.8) is 0 Å². The van der Waals surface area contributed by atoms with E-state index in [1.54, 1.807) is 6.20 Å². The van der Waals surface area contributed by atoms with Gasteiger partial charge in [-0.3, -0.25) is 9.59 Å². The van der Waals surface area contributed by atoms with E-state index >= 15 is 0 Å². The van der Waals surface area contributed by atoms with Crippen LogP contribution in [0.5, 0.6) is 0 Å². The number of carbonyl (C=O) groups excluding carboxylic acids is 1. The van der Waals surface area contributed by atoms with Crippen LogP contribution in [0.1, 0.15) is 5.56 Å². The Balaban J connectivity index is 1.21. The van der Waals surface area contributed by atoms with Gasteiger partial charge in [0.1, 0.15) is 11.3 Å².